The Labute approximate surface area is 176 Å². The second-order valence-electron chi connectivity index (χ2n) is 6.89. The number of nitrogens with zero attached hydrogens (tertiary/aromatic N) is 1. The fourth-order valence-corrected chi connectivity index (χ4v) is 4.92. The molecule has 0 bridgehead atoms. The highest BCUT2D eigenvalue weighted by Crippen LogP contribution is 2.28. The van der Waals surface area contributed by atoms with Crippen LogP contribution in [0.2, 0.25) is 10.0 Å². The van der Waals surface area contributed by atoms with Gasteiger partial charge in [0.2, 0.25) is 10.0 Å². The topological polar surface area (TPSA) is 58.6 Å². The molecule has 5 nitrogen and oxygen atoms in total. The Bertz CT molecular complexity index is 915. The van der Waals surface area contributed by atoms with Crippen molar-refractivity contribution in [3.63, 3.8) is 0 Å². The number of likely N-dealkylation sites (tertiary alicyclic amines) is 1. The average Bonchev–Trinajstić information content (AvgIpc) is 3.19. The maximum absolute atomic E-state index is 12.6. The van der Waals surface area contributed by atoms with Crippen LogP contribution >= 0.6 is 23.2 Å². The van der Waals surface area contributed by atoms with Crippen LogP contribution in [0, 0.1) is 0 Å². The van der Waals surface area contributed by atoms with Gasteiger partial charge in [0.15, 0.2) is 0 Å². The third-order valence-electron chi connectivity index (χ3n) is 4.90. The van der Waals surface area contributed by atoms with Gasteiger partial charge in [0, 0.05) is 12.6 Å². The molecule has 3 rings (SSSR count). The quantitative estimate of drug-likeness (QED) is 0.663. The van der Waals surface area contributed by atoms with Crippen molar-refractivity contribution in [1.29, 1.82) is 0 Å². The summed E-state index contributed by atoms with van der Waals surface area (Å²) < 4.78 is 33.4. The summed E-state index contributed by atoms with van der Waals surface area (Å²) in [4.78, 5) is 2.32. The number of hydrogen-bond donors (Lipinski definition) is 1. The molecule has 1 fully saturated rings. The van der Waals surface area contributed by atoms with Gasteiger partial charge in [-0.05, 0) is 61.3 Å². The highest BCUT2D eigenvalue weighted by Gasteiger charge is 2.25. The van der Waals surface area contributed by atoms with Gasteiger partial charge in [0.05, 0.1) is 22.9 Å². The third-order valence-corrected chi connectivity index (χ3v) is 6.96. The summed E-state index contributed by atoms with van der Waals surface area (Å²) in [6, 6.07) is 12.6. The number of benzene rings is 2. The van der Waals surface area contributed by atoms with E-state index < -0.39 is 10.0 Å². The molecule has 28 heavy (non-hydrogen) atoms. The van der Waals surface area contributed by atoms with Crippen LogP contribution in [0.1, 0.15) is 30.0 Å². The summed E-state index contributed by atoms with van der Waals surface area (Å²) in [5, 5.41) is 0.753. The van der Waals surface area contributed by atoms with Crippen molar-refractivity contribution in [3.05, 3.63) is 63.6 Å². The Morgan fingerprint density at radius 2 is 1.86 bits per heavy atom. The van der Waals surface area contributed by atoms with Crippen LogP contribution in [0.3, 0.4) is 0 Å². The van der Waals surface area contributed by atoms with Gasteiger partial charge in [-0.2, -0.15) is 0 Å². The Kier molecular flexibility index (Phi) is 7.23. The number of ether oxygens (including phenoxy) is 1. The third kappa shape index (κ3) is 5.61. The van der Waals surface area contributed by atoms with Crippen molar-refractivity contribution in [1.82, 2.24) is 9.62 Å². The SMILES string of the molecule is COc1cccc(C(CNS(=O)(=O)Cc2ccc(Cl)c(Cl)c2)N2CCCC2)c1. The molecule has 2 aromatic rings. The summed E-state index contributed by atoms with van der Waals surface area (Å²) in [5.74, 6) is 0.620. The zero-order valence-electron chi connectivity index (χ0n) is 15.7. The molecule has 0 spiro atoms. The minimum Gasteiger partial charge on any atom is -0.497 e. The van der Waals surface area contributed by atoms with E-state index in [1.807, 2.05) is 24.3 Å². The largest absolute Gasteiger partial charge is 0.497 e. The Morgan fingerprint density at radius 1 is 1.11 bits per heavy atom. The first-order chi connectivity index (χ1) is 13.4. The number of hydrogen-bond acceptors (Lipinski definition) is 4. The Morgan fingerprint density at radius 3 is 2.54 bits per heavy atom. The van der Waals surface area contributed by atoms with Crippen LogP contribution in [0.15, 0.2) is 42.5 Å². The molecule has 8 heteroatoms. The Balaban J connectivity index is 1.73. The monoisotopic (exact) mass is 442 g/mol. The summed E-state index contributed by atoms with van der Waals surface area (Å²) in [5.41, 5.74) is 1.64. The molecule has 0 saturated carbocycles. The highest BCUT2D eigenvalue weighted by molar-refractivity contribution is 7.88. The molecule has 1 atom stereocenters. The summed E-state index contributed by atoms with van der Waals surface area (Å²) >= 11 is 11.9. The summed E-state index contributed by atoms with van der Waals surface area (Å²) in [6.07, 6.45) is 2.24. The van der Waals surface area contributed by atoms with E-state index in [1.54, 1.807) is 25.3 Å². The lowest BCUT2D eigenvalue weighted by atomic mass is 10.1. The number of nitrogens with one attached hydrogen (secondary N) is 1. The van der Waals surface area contributed by atoms with Crippen molar-refractivity contribution < 1.29 is 13.2 Å². The molecule has 0 aliphatic carbocycles. The predicted molar refractivity (Wildman–Crippen MR) is 114 cm³/mol. The predicted octanol–water partition coefficient (Wildman–Crippen LogP) is 4.26. The van der Waals surface area contributed by atoms with E-state index in [-0.39, 0.29) is 11.8 Å². The van der Waals surface area contributed by atoms with Gasteiger partial charge in [0.25, 0.3) is 0 Å². The first-order valence-corrected chi connectivity index (χ1v) is 11.6. The van der Waals surface area contributed by atoms with Crippen LogP contribution in [0.25, 0.3) is 0 Å². The van der Waals surface area contributed by atoms with Crippen LogP contribution in [0.5, 0.6) is 5.75 Å². The Hall–Kier alpha value is -1.31. The van der Waals surface area contributed by atoms with Gasteiger partial charge >= 0.3 is 0 Å². The minimum absolute atomic E-state index is 0.0406. The molecule has 2 aromatic carbocycles. The van der Waals surface area contributed by atoms with Crippen molar-refractivity contribution >= 4 is 33.2 Å². The van der Waals surface area contributed by atoms with Crippen molar-refractivity contribution in [3.8, 4) is 5.75 Å². The van der Waals surface area contributed by atoms with Crippen LogP contribution in [0.4, 0.5) is 0 Å². The smallest absolute Gasteiger partial charge is 0.215 e. The maximum atomic E-state index is 12.6. The van der Waals surface area contributed by atoms with Gasteiger partial charge in [-0.3, -0.25) is 4.90 Å². The number of halogens is 2. The van der Waals surface area contributed by atoms with Crippen molar-refractivity contribution in [2.24, 2.45) is 0 Å². The molecular weight excluding hydrogens is 419 g/mol. The van der Waals surface area contributed by atoms with E-state index in [2.05, 4.69) is 9.62 Å². The fourth-order valence-electron chi connectivity index (χ4n) is 3.47. The molecular formula is C20H24Cl2N2O3S. The summed E-state index contributed by atoms with van der Waals surface area (Å²) in [7, 11) is -1.89. The van der Waals surface area contributed by atoms with Crippen molar-refractivity contribution in [2.75, 3.05) is 26.7 Å². The highest BCUT2D eigenvalue weighted by atomic mass is 35.5. The van der Waals surface area contributed by atoms with E-state index in [4.69, 9.17) is 27.9 Å². The van der Waals surface area contributed by atoms with E-state index in [9.17, 15) is 8.42 Å². The molecule has 1 aliphatic rings. The van der Waals surface area contributed by atoms with E-state index in [0.29, 0.717) is 22.2 Å². The van der Waals surface area contributed by atoms with E-state index in [1.165, 1.54) is 0 Å². The zero-order chi connectivity index (χ0) is 20.1. The molecule has 1 saturated heterocycles. The van der Waals surface area contributed by atoms with Crippen molar-refractivity contribution in [2.45, 2.75) is 24.6 Å². The first kappa shape index (κ1) is 21.4. The standard InChI is InChI=1S/C20H24Cl2N2O3S/c1-27-17-6-4-5-16(12-17)20(24-9-2-3-10-24)13-23-28(25,26)14-15-7-8-18(21)19(22)11-15/h4-8,11-12,20,23H,2-3,9-10,13-14H2,1H3. The molecule has 1 N–H and O–H groups in total. The van der Waals surface area contributed by atoms with Gasteiger partial charge in [-0.25, -0.2) is 13.1 Å². The van der Waals surface area contributed by atoms with Gasteiger partial charge in [-0.15, -0.1) is 0 Å². The number of rotatable bonds is 8. The molecule has 0 aromatic heterocycles. The number of methoxy groups -OCH3 is 1. The second kappa shape index (κ2) is 9.46. The average molecular weight is 443 g/mol. The molecule has 0 amide bonds. The zero-order valence-corrected chi connectivity index (χ0v) is 18.0. The van der Waals surface area contributed by atoms with Crippen LogP contribution < -0.4 is 9.46 Å². The van der Waals surface area contributed by atoms with Gasteiger partial charge in [0.1, 0.15) is 5.75 Å². The first-order valence-electron chi connectivity index (χ1n) is 9.17. The lowest BCUT2D eigenvalue weighted by Crippen LogP contribution is -2.37. The maximum Gasteiger partial charge on any atom is 0.215 e. The van der Waals surface area contributed by atoms with Gasteiger partial charge in [-0.1, -0.05) is 41.4 Å². The normalized spacial score (nSPS) is 16.2. The fraction of sp³-hybridized carbons (Fsp3) is 0.400. The van der Waals surface area contributed by atoms with Gasteiger partial charge < -0.3 is 4.74 Å². The van der Waals surface area contributed by atoms with E-state index in [0.717, 1.165) is 37.2 Å². The summed E-state index contributed by atoms with van der Waals surface area (Å²) in [6.45, 7) is 2.21. The molecule has 152 valence electrons. The minimum atomic E-state index is -3.52. The lowest BCUT2D eigenvalue weighted by molar-refractivity contribution is 0.246. The number of sulfonamides is 1. The molecule has 0 radical (unpaired) electrons. The lowest BCUT2D eigenvalue weighted by Gasteiger charge is -2.28. The molecule has 1 aliphatic heterocycles. The van der Waals surface area contributed by atoms with E-state index >= 15 is 0 Å². The van der Waals surface area contributed by atoms with Crippen LogP contribution in [-0.4, -0.2) is 40.1 Å². The molecule has 1 unspecified atom stereocenters. The van der Waals surface area contributed by atoms with Crippen LogP contribution in [-0.2, 0) is 15.8 Å². The molecule has 1 heterocycles. The second-order valence-corrected chi connectivity index (χ2v) is 9.51.